The average Bonchev–Trinajstić information content (AvgIpc) is 2.17. The van der Waals surface area contributed by atoms with E-state index < -0.39 is 0 Å². The van der Waals surface area contributed by atoms with Crippen LogP contribution in [0.5, 0.6) is 5.75 Å². The van der Waals surface area contributed by atoms with E-state index in [2.05, 4.69) is 0 Å². The maximum Gasteiger partial charge on any atom is 0.164 e. The molecule has 0 radical (unpaired) electrons. The van der Waals surface area contributed by atoms with Crippen molar-refractivity contribution in [3.8, 4) is 5.75 Å². The minimum atomic E-state index is -0.140. The maximum atomic E-state index is 11.7. The molecule has 82 valence electrons. The lowest BCUT2D eigenvalue weighted by Crippen LogP contribution is -2.19. The van der Waals surface area contributed by atoms with E-state index in [1.807, 2.05) is 0 Å². The molecule has 0 bridgehead atoms. The molecule has 0 saturated heterocycles. The number of carbonyl (C=O) groups is 1. The Morgan fingerprint density at radius 1 is 1.60 bits per heavy atom. The fraction of sp³-hybridized carbons (Fsp3) is 0.364. The molecular weight excluding hydrogens is 214 g/mol. The van der Waals surface area contributed by atoms with Crippen molar-refractivity contribution in [2.75, 3.05) is 7.11 Å². The quantitative estimate of drug-likeness (QED) is 0.803. The van der Waals surface area contributed by atoms with Crippen molar-refractivity contribution in [2.45, 2.75) is 19.4 Å². The van der Waals surface area contributed by atoms with E-state index in [9.17, 15) is 4.79 Å². The smallest absolute Gasteiger partial charge is 0.164 e. The summed E-state index contributed by atoms with van der Waals surface area (Å²) in [4.78, 5) is 11.7. The Morgan fingerprint density at radius 3 is 2.80 bits per heavy atom. The summed E-state index contributed by atoms with van der Waals surface area (Å²) in [6.07, 6.45) is 0.324. The van der Waals surface area contributed by atoms with Crippen LogP contribution in [-0.4, -0.2) is 18.9 Å². The zero-order valence-electron chi connectivity index (χ0n) is 8.79. The number of hydrogen-bond donors (Lipinski definition) is 1. The Morgan fingerprint density at radius 2 is 2.27 bits per heavy atom. The fourth-order valence-electron chi connectivity index (χ4n) is 1.24. The third kappa shape index (κ3) is 3.22. The van der Waals surface area contributed by atoms with Crippen molar-refractivity contribution in [1.82, 2.24) is 0 Å². The standard InChI is InChI=1S/C11H14ClNO2/c1-7(13)5-10(14)8-3-4-9(12)11(6-8)15-2/h3-4,6-7H,5,13H2,1-2H3. The summed E-state index contributed by atoms with van der Waals surface area (Å²) in [5.74, 6) is 0.507. The number of nitrogens with two attached hydrogens (primary N) is 1. The molecule has 0 aromatic heterocycles. The highest BCUT2D eigenvalue weighted by Gasteiger charge is 2.10. The number of methoxy groups -OCH3 is 1. The zero-order valence-corrected chi connectivity index (χ0v) is 9.54. The van der Waals surface area contributed by atoms with E-state index in [0.29, 0.717) is 22.8 Å². The SMILES string of the molecule is COc1cc(C(=O)CC(C)N)ccc1Cl. The van der Waals surface area contributed by atoms with Gasteiger partial charge in [-0.15, -0.1) is 0 Å². The van der Waals surface area contributed by atoms with Gasteiger partial charge in [-0.25, -0.2) is 0 Å². The second kappa shape index (κ2) is 5.14. The van der Waals surface area contributed by atoms with Crippen LogP contribution in [0.2, 0.25) is 5.02 Å². The average molecular weight is 228 g/mol. The first-order valence-corrected chi connectivity index (χ1v) is 5.04. The van der Waals surface area contributed by atoms with Gasteiger partial charge in [-0.2, -0.15) is 0 Å². The molecule has 1 aromatic rings. The van der Waals surface area contributed by atoms with E-state index in [-0.39, 0.29) is 11.8 Å². The fourth-order valence-corrected chi connectivity index (χ4v) is 1.44. The molecule has 15 heavy (non-hydrogen) atoms. The third-order valence-corrected chi connectivity index (χ3v) is 2.29. The lowest BCUT2D eigenvalue weighted by atomic mass is 10.0. The van der Waals surface area contributed by atoms with Gasteiger partial charge >= 0.3 is 0 Å². The lowest BCUT2D eigenvalue weighted by molar-refractivity contribution is 0.0976. The molecule has 0 aliphatic rings. The number of halogens is 1. The van der Waals surface area contributed by atoms with E-state index in [0.717, 1.165) is 0 Å². The second-order valence-corrected chi connectivity index (χ2v) is 3.86. The molecule has 0 spiro atoms. The third-order valence-electron chi connectivity index (χ3n) is 1.98. The predicted molar refractivity (Wildman–Crippen MR) is 60.6 cm³/mol. The molecule has 0 heterocycles. The first-order chi connectivity index (χ1) is 7.04. The number of rotatable bonds is 4. The number of Topliss-reactive ketones (excluding diaryl/α,β-unsaturated/α-hetero) is 1. The van der Waals surface area contributed by atoms with E-state index in [1.54, 1.807) is 25.1 Å². The molecule has 0 aliphatic carbocycles. The highest BCUT2D eigenvalue weighted by molar-refractivity contribution is 6.32. The number of carbonyl (C=O) groups excluding carboxylic acids is 1. The molecule has 0 amide bonds. The van der Waals surface area contributed by atoms with Crippen molar-refractivity contribution >= 4 is 17.4 Å². The second-order valence-electron chi connectivity index (χ2n) is 3.45. The number of hydrogen-bond acceptors (Lipinski definition) is 3. The van der Waals surface area contributed by atoms with Crippen LogP contribution in [0, 0.1) is 0 Å². The Kier molecular flexibility index (Phi) is 4.12. The summed E-state index contributed by atoms with van der Waals surface area (Å²) < 4.78 is 5.03. The molecular formula is C11H14ClNO2. The van der Waals surface area contributed by atoms with Gasteiger partial charge in [0.2, 0.25) is 0 Å². The molecule has 1 rings (SSSR count). The van der Waals surface area contributed by atoms with Crippen LogP contribution in [0.4, 0.5) is 0 Å². The summed E-state index contributed by atoms with van der Waals surface area (Å²) in [6, 6.07) is 4.82. The van der Waals surface area contributed by atoms with Crippen molar-refractivity contribution < 1.29 is 9.53 Å². The van der Waals surface area contributed by atoms with E-state index >= 15 is 0 Å². The van der Waals surface area contributed by atoms with Gasteiger partial charge in [-0.05, 0) is 25.1 Å². The number of ether oxygens (including phenoxy) is 1. The van der Waals surface area contributed by atoms with Crippen LogP contribution in [-0.2, 0) is 0 Å². The van der Waals surface area contributed by atoms with Gasteiger partial charge in [0.15, 0.2) is 5.78 Å². The topological polar surface area (TPSA) is 52.3 Å². The lowest BCUT2D eigenvalue weighted by Gasteiger charge is -2.07. The molecule has 3 nitrogen and oxygen atoms in total. The van der Waals surface area contributed by atoms with Gasteiger partial charge in [0, 0.05) is 18.0 Å². The highest BCUT2D eigenvalue weighted by atomic mass is 35.5. The molecule has 0 saturated carbocycles. The molecule has 0 aliphatic heterocycles. The van der Waals surface area contributed by atoms with E-state index in [4.69, 9.17) is 22.1 Å². The molecule has 4 heteroatoms. The first kappa shape index (κ1) is 12.0. The zero-order chi connectivity index (χ0) is 11.4. The van der Waals surface area contributed by atoms with Gasteiger partial charge in [-0.1, -0.05) is 11.6 Å². The first-order valence-electron chi connectivity index (χ1n) is 4.67. The molecule has 2 N–H and O–H groups in total. The van der Waals surface area contributed by atoms with Crippen molar-refractivity contribution in [2.24, 2.45) is 5.73 Å². The largest absolute Gasteiger partial charge is 0.495 e. The van der Waals surface area contributed by atoms with Crippen molar-refractivity contribution in [3.63, 3.8) is 0 Å². The molecule has 1 aromatic carbocycles. The maximum absolute atomic E-state index is 11.7. The predicted octanol–water partition coefficient (Wildman–Crippen LogP) is 2.27. The monoisotopic (exact) mass is 227 g/mol. The number of ketones is 1. The van der Waals surface area contributed by atoms with Crippen molar-refractivity contribution in [1.29, 1.82) is 0 Å². The Balaban J connectivity index is 2.91. The number of benzene rings is 1. The van der Waals surface area contributed by atoms with Gasteiger partial charge in [0.1, 0.15) is 5.75 Å². The Bertz CT molecular complexity index is 364. The minimum Gasteiger partial charge on any atom is -0.495 e. The molecule has 1 unspecified atom stereocenters. The van der Waals surface area contributed by atoms with E-state index in [1.165, 1.54) is 7.11 Å². The summed E-state index contributed by atoms with van der Waals surface area (Å²) in [7, 11) is 1.51. The van der Waals surface area contributed by atoms with Crippen LogP contribution >= 0.6 is 11.6 Å². The summed E-state index contributed by atoms with van der Waals surface area (Å²) in [5.41, 5.74) is 6.13. The summed E-state index contributed by atoms with van der Waals surface area (Å²) >= 11 is 5.85. The van der Waals surface area contributed by atoms with Gasteiger partial charge in [0.05, 0.1) is 12.1 Å². The highest BCUT2D eigenvalue weighted by Crippen LogP contribution is 2.25. The molecule has 0 fully saturated rings. The van der Waals surface area contributed by atoms with Crippen LogP contribution in [0.15, 0.2) is 18.2 Å². The van der Waals surface area contributed by atoms with Crippen LogP contribution < -0.4 is 10.5 Å². The molecule has 1 atom stereocenters. The summed E-state index contributed by atoms with van der Waals surface area (Å²) in [5, 5.41) is 0.495. The van der Waals surface area contributed by atoms with Gasteiger partial charge in [0.25, 0.3) is 0 Å². The van der Waals surface area contributed by atoms with Crippen molar-refractivity contribution in [3.05, 3.63) is 28.8 Å². The Labute approximate surface area is 94.2 Å². The Hall–Kier alpha value is -1.06. The summed E-state index contributed by atoms with van der Waals surface area (Å²) in [6.45, 7) is 1.80. The van der Waals surface area contributed by atoms with Crippen LogP contribution in [0.1, 0.15) is 23.7 Å². The normalized spacial score (nSPS) is 12.3. The van der Waals surface area contributed by atoms with Gasteiger partial charge in [-0.3, -0.25) is 4.79 Å². The minimum absolute atomic E-state index is 0.0000309. The van der Waals surface area contributed by atoms with Gasteiger partial charge < -0.3 is 10.5 Å². The van der Waals surface area contributed by atoms with Crippen LogP contribution in [0.25, 0.3) is 0 Å². The van der Waals surface area contributed by atoms with Crippen LogP contribution in [0.3, 0.4) is 0 Å².